The summed E-state index contributed by atoms with van der Waals surface area (Å²) in [7, 11) is 0. The molecule has 4 nitrogen and oxygen atoms in total. The molecule has 2 aromatic rings. The van der Waals surface area contributed by atoms with Crippen LogP contribution in [0.5, 0.6) is 0 Å². The Morgan fingerprint density at radius 1 is 1.23 bits per heavy atom. The summed E-state index contributed by atoms with van der Waals surface area (Å²) < 4.78 is 0. The molecule has 22 heavy (non-hydrogen) atoms. The van der Waals surface area contributed by atoms with Crippen LogP contribution in [0.15, 0.2) is 48.7 Å². The number of rotatable bonds is 4. The lowest BCUT2D eigenvalue weighted by Crippen LogP contribution is -2.34. The molecule has 0 spiro atoms. The van der Waals surface area contributed by atoms with Crippen molar-refractivity contribution in [3.63, 3.8) is 0 Å². The molecule has 1 saturated heterocycles. The third kappa shape index (κ3) is 3.34. The van der Waals surface area contributed by atoms with Gasteiger partial charge in [-0.1, -0.05) is 35.9 Å². The molecule has 1 aliphatic rings. The fraction of sp³-hybridized carbons (Fsp3) is 0.333. The number of hydrogen-bond acceptors (Lipinski definition) is 3. The van der Waals surface area contributed by atoms with Crippen LogP contribution in [0, 0.1) is 12.8 Å². The largest absolute Gasteiger partial charge is 0.350 e. The first-order chi connectivity index (χ1) is 10.7. The van der Waals surface area contributed by atoms with Crippen LogP contribution in [0.1, 0.15) is 22.7 Å². The smallest absolute Gasteiger partial charge is 0.225 e. The highest BCUT2D eigenvalue weighted by atomic mass is 16.1. The fourth-order valence-electron chi connectivity index (χ4n) is 2.93. The SMILES string of the molecule is Cc1ccc([C@@H]2CNC[C@H]2C(=O)NCc2ccccn2)cc1. The van der Waals surface area contributed by atoms with E-state index in [4.69, 9.17) is 0 Å². The highest BCUT2D eigenvalue weighted by Gasteiger charge is 2.33. The maximum Gasteiger partial charge on any atom is 0.225 e. The van der Waals surface area contributed by atoms with Crippen molar-refractivity contribution >= 4 is 5.91 Å². The summed E-state index contributed by atoms with van der Waals surface area (Å²) in [4.78, 5) is 16.7. The van der Waals surface area contributed by atoms with Gasteiger partial charge in [-0.3, -0.25) is 9.78 Å². The van der Waals surface area contributed by atoms with Crippen LogP contribution in [0.4, 0.5) is 0 Å². The van der Waals surface area contributed by atoms with E-state index < -0.39 is 0 Å². The zero-order valence-corrected chi connectivity index (χ0v) is 12.8. The van der Waals surface area contributed by atoms with E-state index in [1.54, 1.807) is 6.20 Å². The average Bonchev–Trinajstić information content (AvgIpc) is 3.04. The van der Waals surface area contributed by atoms with E-state index in [0.717, 1.165) is 18.8 Å². The lowest BCUT2D eigenvalue weighted by Gasteiger charge is -2.18. The molecule has 0 saturated carbocycles. The molecule has 114 valence electrons. The molecule has 0 bridgehead atoms. The molecule has 4 heteroatoms. The van der Waals surface area contributed by atoms with Crippen LogP contribution in [0.2, 0.25) is 0 Å². The van der Waals surface area contributed by atoms with E-state index >= 15 is 0 Å². The lowest BCUT2D eigenvalue weighted by atomic mass is 9.88. The molecule has 3 rings (SSSR count). The number of pyridine rings is 1. The normalized spacial score (nSPS) is 20.8. The predicted octanol–water partition coefficient (Wildman–Crippen LogP) is 2.01. The Hall–Kier alpha value is -2.20. The highest BCUT2D eigenvalue weighted by molar-refractivity contribution is 5.80. The van der Waals surface area contributed by atoms with Crippen molar-refractivity contribution in [3.05, 3.63) is 65.5 Å². The summed E-state index contributed by atoms with van der Waals surface area (Å²) in [5.41, 5.74) is 3.35. The summed E-state index contributed by atoms with van der Waals surface area (Å²) in [6.45, 7) is 4.14. The first-order valence-electron chi connectivity index (χ1n) is 7.69. The van der Waals surface area contributed by atoms with Gasteiger partial charge in [-0.25, -0.2) is 0 Å². The quantitative estimate of drug-likeness (QED) is 0.907. The number of aromatic nitrogens is 1. The minimum Gasteiger partial charge on any atom is -0.350 e. The van der Waals surface area contributed by atoms with Gasteiger partial charge in [0.25, 0.3) is 0 Å². The lowest BCUT2D eigenvalue weighted by molar-refractivity contribution is -0.125. The van der Waals surface area contributed by atoms with E-state index in [2.05, 4.69) is 46.8 Å². The maximum absolute atomic E-state index is 12.5. The second kappa shape index (κ2) is 6.71. The predicted molar refractivity (Wildman–Crippen MR) is 86.4 cm³/mol. The Balaban J connectivity index is 1.65. The topological polar surface area (TPSA) is 54.0 Å². The molecule has 2 N–H and O–H groups in total. The molecule has 2 heterocycles. The molecular weight excluding hydrogens is 274 g/mol. The van der Waals surface area contributed by atoms with Crippen LogP contribution in [0.25, 0.3) is 0 Å². The van der Waals surface area contributed by atoms with E-state index in [0.29, 0.717) is 6.54 Å². The summed E-state index contributed by atoms with van der Waals surface area (Å²) in [5.74, 6) is 0.317. The van der Waals surface area contributed by atoms with Crippen molar-refractivity contribution in [2.75, 3.05) is 13.1 Å². The van der Waals surface area contributed by atoms with Crippen molar-refractivity contribution in [2.45, 2.75) is 19.4 Å². The Bertz CT molecular complexity index is 625. The summed E-state index contributed by atoms with van der Waals surface area (Å²) in [6.07, 6.45) is 1.74. The maximum atomic E-state index is 12.5. The molecule has 0 unspecified atom stereocenters. The van der Waals surface area contributed by atoms with Crippen LogP contribution in [-0.2, 0) is 11.3 Å². The summed E-state index contributed by atoms with van der Waals surface area (Å²) >= 11 is 0. The van der Waals surface area contributed by atoms with Crippen LogP contribution in [-0.4, -0.2) is 24.0 Å². The molecule has 1 fully saturated rings. The van der Waals surface area contributed by atoms with Gasteiger partial charge >= 0.3 is 0 Å². The summed E-state index contributed by atoms with van der Waals surface area (Å²) in [6, 6.07) is 14.2. The average molecular weight is 295 g/mol. The van der Waals surface area contributed by atoms with Gasteiger partial charge in [0.2, 0.25) is 5.91 Å². The second-order valence-electron chi connectivity index (χ2n) is 5.82. The van der Waals surface area contributed by atoms with Crippen molar-refractivity contribution in [1.82, 2.24) is 15.6 Å². The standard InChI is InChI=1S/C18H21N3O/c1-13-5-7-14(8-6-13)16-11-19-12-17(16)18(22)21-10-15-4-2-3-9-20-15/h2-9,16-17,19H,10-12H2,1H3,(H,21,22)/t16-,17+/m0/s1. The van der Waals surface area contributed by atoms with Crippen molar-refractivity contribution in [2.24, 2.45) is 5.92 Å². The molecule has 2 atom stereocenters. The van der Waals surface area contributed by atoms with Crippen molar-refractivity contribution in [1.29, 1.82) is 0 Å². The van der Waals surface area contributed by atoms with Gasteiger partial charge < -0.3 is 10.6 Å². The molecule has 1 aliphatic heterocycles. The van der Waals surface area contributed by atoms with E-state index in [9.17, 15) is 4.79 Å². The monoisotopic (exact) mass is 295 g/mol. The molecule has 0 aliphatic carbocycles. The molecule has 1 aromatic heterocycles. The third-order valence-electron chi connectivity index (χ3n) is 4.23. The number of hydrogen-bond donors (Lipinski definition) is 2. The number of nitrogens with one attached hydrogen (secondary N) is 2. The molecular formula is C18H21N3O. The van der Waals surface area contributed by atoms with Crippen molar-refractivity contribution in [3.8, 4) is 0 Å². The van der Waals surface area contributed by atoms with Gasteiger partial charge in [0.1, 0.15) is 0 Å². The number of carbonyl (C=O) groups is 1. The third-order valence-corrected chi connectivity index (χ3v) is 4.23. The minimum atomic E-state index is -0.0218. The Kier molecular flexibility index (Phi) is 4.49. The minimum absolute atomic E-state index is 0.0218. The molecule has 1 amide bonds. The van der Waals surface area contributed by atoms with E-state index in [-0.39, 0.29) is 17.7 Å². The number of benzene rings is 1. The first kappa shape index (κ1) is 14.7. The van der Waals surface area contributed by atoms with Gasteiger partial charge in [0.15, 0.2) is 0 Å². The number of amides is 1. The molecule has 0 radical (unpaired) electrons. The van der Waals surface area contributed by atoms with Crippen molar-refractivity contribution < 1.29 is 4.79 Å². The van der Waals surface area contributed by atoms with Crippen LogP contribution < -0.4 is 10.6 Å². The van der Waals surface area contributed by atoms with Crippen LogP contribution in [0.3, 0.4) is 0 Å². The molecule has 1 aromatic carbocycles. The number of nitrogens with zero attached hydrogens (tertiary/aromatic N) is 1. The number of carbonyl (C=O) groups excluding carboxylic acids is 1. The van der Waals surface area contributed by atoms with E-state index in [1.165, 1.54) is 11.1 Å². The Labute approximate surface area is 131 Å². The Morgan fingerprint density at radius 2 is 2.05 bits per heavy atom. The van der Waals surface area contributed by atoms with Gasteiger partial charge in [-0.2, -0.15) is 0 Å². The van der Waals surface area contributed by atoms with Gasteiger partial charge in [-0.15, -0.1) is 0 Å². The highest BCUT2D eigenvalue weighted by Crippen LogP contribution is 2.28. The Morgan fingerprint density at radius 3 is 2.77 bits per heavy atom. The summed E-state index contributed by atoms with van der Waals surface area (Å²) in [5, 5.41) is 6.35. The van der Waals surface area contributed by atoms with Gasteiger partial charge in [0, 0.05) is 25.2 Å². The van der Waals surface area contributed by atoms with Gasteiger partial charge in [-0.05, 0) is 24.6 Å². The second-order valence-corrected chi connectivity index (χ2v) is 5.82. The van der Waals surface area contributed by atoms with Gasteiger partial charge in [0.05, 0.1) is 18.2 Å². The van der Waals surface area contributed by atoms with Crippen LogP contribution >= 0.6 is 0 Å². The zero-order chi connectivity index (χ0) is 15.4. The fourth-order valence-corrected chi connectivity index (χ4v) is 2.93. The van der Waals surface area contributed by atoms with E-state index in [1.807, 2.05) is 18.2 Å². The number of aryl methyl sites for hydroxylation is 1. The zero-order valence-electron chi connectivity index (χ0n) is 12.8. The first-order valence-corrected chi connectivity index (χ1v) is 7.69.